The van der Waals surface area contributed by atoms with Gasteiger partial charge in [-0.05, 0) is 62.0 Å². The maximum Gasteiger partial charge on any atom is 0.243 e. The Morgan fingerprint density at radius 3 is 3.14 bits per heavy atom. The van der Waals surface area contributed by atoms with E-state index in [4.69, 9.17) is 0 Å². The van der Waals surface area contributed by atoms with E-state index >= 15 is 0 Å². The van der Waals surface area contributed by atoms with Crippen molar-refractivity contribution in [2.24, 2.45) is 5.92 Å². The van der Waals surface area contributed by atoms with E-state index in [-0.39, 0.29) is 11.7 Å². The normalized spacial score (nSPS) is 19.5. The van der Waals surface area contributed by atoms with Crippen LogP contribution in [0.4, 0.5) is 4.39 Å². The van der Waals surface area contributed by atoms with Crippen molar-refractivity contribution in [3.8, 4) is 0 Å². The van der Waals surface area contributed by atoms with Gasteiger partial charge in [0.2, 0.25) is 5.91 Å². The van der Waals surface area contributed by atoms with E-state index < -0.39 is 0 Å². The van der Waals surface area contributed by atoms with Crippen LogP contribution in [-0.2, 0) is 4.79 Å². The molecule has 0 aromatic heterocycles. The second-order valence-corrected chi connectivity index (χ2v) is 6.08. The summed E-state index contributed by atoms with van der Waals surface area (Å²) in [5, 5.41) is 2.87. The number of likely N-dealkylation sites (tertiary alicyclic amines) is 1. The number of piperidine rings is 1. The van der Waals surface area contributed by atoms with Gasteiger partial charge in [-0.15, -0.1) is 0 Å². The Morgan fingerprint density at radius 1 is 1.50 bits per heavy atom. The summed E-state index contributed by atoms with van der Waals surface area (Å²) in [4.78, 5) is 14.2. The van der Waals surface area contributed by atoms with Gasteiger partial charge in [-0.2, -0.15) is 0 Å². The van der Waals surface area contributed by atoms with Crippen LogP contribution >= 0.6 is 0 Å². The molecule has 1 atom stereocenters. The van der Waals surface area contributed by atoms with Crippen molar-refractivity contribution in [2.45, 2.75) is 26.2 Å². The Morgan fingerprint density at radius 2 is 2.36 bits per heavy atom. The highest BCUT2D eigenvalue weighted by atomic mass is 19.1. The summed E-state index contributed by atoms with van der Waals surface area (Å²) in [6, 6.07) is 6.19. The molecule has 1 aromatic rings. The van der Waals surface area contributed by atoms with Crippen LogP contribution in [0.1, 0.15) is 31.7 Å². The summed E-state index contributed by atoms with van der Waals surface area (Å²) in [5.74, 6) is 0.368. The third-order valence-corrected chi connectivity index (χ3v) is 3.97. The monoisotopic (exact) mass is 304 g/mol. The predicted octanol–water partition coefficient (Wildman–Crippen LogP) is 3.08. The Labute approximate surface area is 132 Å². The van der Waals surface area contributed by atoms with Gasteiger partial charge in [0.15, 0.2) is 0 Å². The first-order chi connectivity index (χ1) is 10.6. The fourth-order valence-corrected chi connectivity index (χ4v) is 2.85. The van der Waals surface area contributed by atoms with Crippen LogP contribution in [0.5, 0.6) is 0 Å². The van der Waals surface area contributed by atoms with E-state index in [1.807, 2.05) is 0 Å². The van der Waals surface area contributed by atoms with Gasteiger partial charge >= 0.3 is 0 Å². The molecule has 0 bridgehead atoms. The summed E-state index contributed by atoms with van der Waals surface area (Å²) in [7, 11) is 0. The molecule has 120 valence electrons. The summed E-state index contributed by atoms with van der Waals surface area (Å²) >= 11 is 0. The van der Waals surface area contributed by atoms with Gasteiger partial charge < -0.3 is 10.2 Å². The van der Waals surface area contributed by atoms with Gasteiger partial charge in [-0.1, -0.05) is 19.1 Å². The van der Waals surface area contributed by atoms with E-state index in [1.165, 1.54) is 44.1 Å². The molecule has 0 unspecified atom stereocenters. The number of amides is 1. The molecule has 0 saturated carbocycles. The zero-order chi connectivity index (χ0) is 15.8. The summed E-state index contributed by atoms with van der Waals surface area (Å²) in [5.41, 5.74) is 0.692. The van der Waals surface area contributed by atoms with Crippen LogP contribution in [0.15, 0.2) is 30.3 Å². The summed E-state index contributed by atoms with van der Waals surface area (Å²) < 4.78 is 13.0. The van der Waals surface area contributed by atoms with Crippen LogP contribution in [0.2, 0.25) is 0 Å². The lowest BCUT2D eigenvalue weighted by Gasteiger charge is -2.30. The largest absolute Gasteiger partial charge is 0.353 e. The molecule has 1 aliphatic rings. The molecule has 0 radical (unpaired) electrons. The molecule has 1 amide bonds. The number of carbonyl (C=O) groups is 1. The van der Waals surface area contributed by atoms with Crippen LogP contribution in [0.25, 0.3) is 6.08 Å². The number of nitrogens with zero attached hydrogens (tertiary/aromatic N) is 1. The number of hydrogen-bond donors (Lipinski definition) is 1. The SMILES string of the molecule is C[C@H]1CCCN(CCCNC(=O)/C=C/c2cccc(F)c2)C1. The molecular formula is C18H25FN2O. The average molecular weight is 304 g/mol. The van der Waals surface area contributed by atoms with E-state index in [0.717, 1.165) is 18.9 Å². The average Bonchev–Trinajstić information content (AvgIpc) is 2.50. The minimum Gasteiger partial charge on any atom is -0.353 e. The molecule has 1 aliphatic heterocycles. The highest BCUT2D eigenvalue weighted by Crippen LogP contribution is 2.15. The van der Waals surface area contributed by atoms with Gasteiger partial charge in [0.25, 0.3) is 0 Å². The molecule has 0 aliphatic carbocycles. The number of hydrogen-bond acceptors (Lipinski definition) is 2. The standard InChI is InChI=1S/C18H25FN2O/c1-15-5-3-11-21(14-15)12-4-10-20-18(22)9-8-16-6-2-7-17(19)13-16/h2,6-9,13,15H,3-5,10-12,14H2,1H3,(H,20,22)/b9-8+/t15-/m0/s1. The molecule has 1 aromatic carbocycles. The van der Waals surface area contributed by atoms with Gasteiger partial charge in [-0.3, -0.25) is 4.79 Å². The fraction of sp³-hybridized carbons (Fsp3) is 0.500. The van der Waals surface area contributed by atoms with E-state index in [0.29, 0.717) is 12.1 Å². The van der Waals surface area contributed by atoms with E-state index in [2.05, 4.69) is 17.1 Å². The van der Waals surface area contributed by atoms with Gasteiger partial charge in [0.05, 0.1) is 0 Å². The van der Waals surface area contributed by atoms with Gasteiger partial charge in [-0.25, -0.2) is 4.39 Å². The fourth-order valence-electron chi connectivity index (χ4n) is 2.85. The molecule has 2 rings (SSSR count). The van der Waals surface area contributed by atoms with Crippen LogP contribution in [-0.4, -0.2) is 37.0 Å². The first-order valence-electron chi connectivity index (χ1n) is 8.07. The van der Waals surface area contributed by atoms with Crippen LogP contribution in [0, 0.1) is 11.7 Å². The first-order valence-corrected chi connectivity index (χ1v) is 8.07. The van der Waals surface area contributed by atoms with Crippen molar-refractivity contribution in [1.82, 2.24) is 10.2 Å². The minimum absolute atomic E-state index is 0.128. The zero-order valence-electron chi connectivity index (χ0n) is 13.2. The zero-order valence-corrected chi connectivity index (χ0v) is 13.2. The van der Waals surface area contributed by atoms with Gasteiger partial charge in [0.1, 0.15) is 5.82 Å². The summed E-state index contributed by atoms with van der Waals surface area (Å²) in [6.07, 6.45) is 6.66. The number of carbonyl (C=O) groups excluding carboxylic acids is 1. The maximum absolute atomic E-state index is 13.0. The molecule has 0 spiro atoms. The molecule has 1 N–H and O–H groups in total. The molecule has 1 saturated heterocycles. The molecule has 3 nitrogen and oxygen atoms in total. The van der Waals surface area contributed by atoms with E-state index in [9.17, 15) is 9.18 Å². The lowest BCUT2D eigenvalue weighted by atomic mass is 10.0. The molecular weight excluding hydrogens is 279 g/mol. The second-order valence-electron chi connectivity index (χ2n) is 6.08. The number of rotatable bonds is 6. The molecule has 1 heterocycles. The third kappa shape index (κ3) is 5.98. The predicted molar refractivity (Wildman–Crippen MR) is 87.9 cm³/mol. The van der Waals surface area contributed by atoms with Crippen LogP contribution < -0.4 is 5.32 Å². The molecule has 22 heavy (non-hydrogen) atoms. The Bertz CT molecular complexity index is 516. The van der Waals surface area contributed by atoms with Gasteiger partial charge in [0, 0.05) is 19.2 Å². The maximum atomic E-state index is 13.0. The van der Waals surface area contributed by atoms with Crippen molar-refractivity contribution in [3.63, 3.8) is 0 Å². The number of nitrogens with one attached hydrogen (secondary N) is 1. The van der Waals surface area contributed by atoms with Crippen molar-refractivity contribution < 1.29 is 9.18 Å². The van der Waals surface area contributed by atoms with Crippen molar-refractivity contribution in [1.29, 1.82) is 0 Å². The van der Waals surface area contributed by atoms with Crippen molar-refractivity contribution in [2.75, 3.05) is 26.2 Å². The lowest BCUT2D eigenvalue weighted by molar-refractivity contribution is -0.116. The van der Waals surface area contributed by atoms with Crippen LogP contribution in [0.3, 0.4) is 0 Å². The van der Waals surface area contributed by atoms with Crippen molar-refractivity contribution in [3.05, 3.63) is 41.7 Å². The second kappa shape index (κ2) is 8.69. The summed E-state index contributed by atoms with van der Waals surface area (Å²) in [6.45, 7) is 6.37. The Kier molecular flexibility index (Phi) is 6.59. The van der Waals surface area contributed by atoms with Crippen molar-refractivity contribution >= 4 is 12.0 Å². The molecule has 1 fully saturated rings. The number of halogens is 1. The first kappa shape index (κ1) is 16.7. The Hall–Kier alpha value is -1.68. The smallest absolute Gasteiger partial charge is 0.243 e. The lowest BCUT2D eigenvalue weighted by Crippen LogP contribution is -2.36. The number of benzene rings is 1. The minimum atomic E-state index is -0.293. The highest BCUT2D eigenvalue weighted by Gasteiger charge is 2.15. The Balaban J connectivity index is 1.63. The highest BCUT2D eigenvalue weighted by molar-refractivity contribution is 5.91. The molecule has 4 heteroatoms. The quantitative estimate of drug-likeness (QED) is 0.647. The van der Waals surface area contributed by atoms with E-state index in [1.54, 1.807) is 18.2 Å². The topological polar surface area (TPSA) is 32.3 Å². The third-order valence-electron chi connectivity index (χ3n) is 3.97.